The van der Waals surface area contributed by atoms with Crippen molar-refractivity contribution in [2.75, 3.05) is 0 Å². The maximum atomic E-state index is 13.2. The van der Waals surface area contributed by atoms with E-state index in [0.29, 0.717) is 10.3 Å². The van der Waals surface area contributed by atoms with Gasteiger partial charge in [0.1, 0.15) is 5.82 Å². The number of aryl methyl sites for hydroxylation is 1. The highest BCUT2D eigenvalue weighted by atomic mass is 32.1. The predicted octanol–water partition coefficient (Wildman–Crippen LogP) is 5.12. The van der Waals surface area contributed by atoms with Gasteiger partial charge >= 0.3 is 0 Å². The number of nitrogens with one attached hydrogen (secondary N) is 1. The van der Waals surface area contributed by atoms with E-state index in [4.69, 9.17) is 0 Å². The number of fused-ring (bicyclic) bond motifs is 1. The number of carbonyl (C=O) groups is 1. The van der Waals surface area contributed by atoms with Gasteiger partial charge in [0.25, 0.3) is 11.6 Å². The van der Waals surface area contributed by atoms with E-state index in [1.165, 1.54) is 35.6 Å². The summed E-state index contributed by atoms with van der Waals surface area (Å²) >= 11 is 1.24. The molecule has 156 valence electrons. The number of aromatic nitrogens is 1. The van der Waals surface area contributed by atoms with Gasteiger partial charge in [-0.05, 0) is 56.3 Å². The van der Waals surface area contributed by atoms with Gasteiger partial charge in [-0.1, -0.05) is 0 Å². The Morgan fingerprint density at radius 3 is 2.61 bits per heavy atom. The van der Waals surface area contributed by atoms with Crippen molar-refractivity contribution >= 4 is 39.2 Å². The highest BCUT2D eigenvalue weighted by Crippen LogP contribution is 2.29. The molecule has 1 amide bonds. The monoisotopic (exact) mass is 436 g/mol. The Hall–Kier alpha value is -3.85. The molecule has 2 aromatic heterocycles. The van der Waals surface area contributed by atoms with Gasteiger partial charge in [-0.3, -0.25) is 14.9 Å². The largest absolute Gasteiger partial charge is 0.318 e. The van der Waals surface area contributed by atoms with Crippen LogP contribution in [0.1, 0.15) is 26.6 Å². The molecule has 0 fully saturated rings. The van der Waals surface area contributed by atoms with Crippen LogP contribution in [-0.2, 0) is 0 Å². The van der Waals surface area contributed by atoms with E-state index >= 15 is 0 Å². The van der Waals surface area contributed by atoms with Crippen molar-refractivity contribution in [1.29, 1.82) is 0 Å². The zero-order valence-electron chi connectivity index (χ0n) is 16.6. The number of amides is 1. The van der Waals surface area contributed by atoms with Crippen LogP contribution in [-0.4, -0.2) is 21.6 Å². The number of halogens is 1. The fourth-order valence-electron chi connectivity index (χ4n) is 3.38. The lowest BCUT2D eigenvalue weighted by molar-refractivity contribution is -0.384. The van der Waals surface area contributed by atoms with E-state index in [2.05, 4.69) is 10.5 Å². The molecular formula is C22H17FN4O3S. The quantitative estimate of drug-likeness (QED) is 0.267. The van der Waals surface area contributed by atoms with Crippen LogP contribution in [0.15, 0.2) is 59.7 Å². The molecule has 7 nitrogen and oxygen atoms in total. The lowest BCUT2D eigenvalue weighted by atomic mass is 10.2. The average Bonchev–Trinajstić information content (AvgIpc) is 3.29. The van der Waals surface area contributed by atoms with Crippen LogP contribution < -0.4 is 5.43 Å². The summed E-state index contributed by atoms with van der Waals surface area (Å²) < 4.78 is 16.0. The molecule has 9 heteroatoms. The maximum Gasteiger partial charge on any atom is 0.281 e. The Balaban J connectivity index is 1.51. The van der Waals surface area contributed by atoms with Crippen LogP contribution in [0, 0.1) is 29.8 Å². The van der Waals surface area contributed by atoms with Crippen LogP contribution in [0.2, 0.25) is 0 Å². The summed E-state index contributed by atoms with van der Waals surface area (Å²) in [6.07, 6.45) is 1.55. The summed E-state index contributed by atoms with van der Waals surface area (Å²) in [6.45, 7) is 3.85. The Morgan fingerprint density at radius 2 is 1.90 bits per heavy atom. The highest BCUT2D eigenvalue weighted by molar-refractivity contribution is 7.20. The zero-order valence-corrected chi connectivity index (χ0v) is 17.4. The summed E-state index contributed by atoms with van der Waals surface area (Å²) in [5.74, 6) is -0.695. The van der Waals surface area contributed by atoms with Gasteiger partial charge in [-0.2, -0.15) is 5.10 Å². The Morgan fingerprint density at radius 1 is 1.16 bits per heavy atom. The molecule has 31 heavy (non-hydrogen) atoms. The van der Waals surface area contributed by atoms with Crippen molar-refractivity contribution in [2.24, 2.45) is 5.10 Å². The third kappa shape index (κ3) is 4.08. The molecule has 0 bridgehead atoms. The number of non-ortho nitro benzene ring substituents is 1. The summed E-state index contributed by atoms with van der Waals surface area (Å²) in [4.78, 5) is 23.3. The number of rotatable bonds is 5. The number of nitrogens with zero attached hydrogens (tertiary/aromatic N) is 3. The predicted molar refractivity (Wildman–Crippen MR) is 119 cm³/mol. The van der Waals surface area contributed by atoms with Crippen molar-refractivity contribution in [3.8, 4) is 5.69 Å². The molecule has 2 aromatic carbocycles. The fraction of sp³-hybridized carbons (Fsp3) is 0.0909. The van der Waals surface area contributed by atoms with Crippen LogP contribution in [0.3, 0.4) is 0 Å². The molecule has 4 rings (SSSR count). The topological polar surface area (TPSA) is 89.5 Å². The zero-order chi connectivity index (χ0) is 22.1. The van der Waals surface area contributed by atoms with E-state index in [0.717, 1.165) is 27.3 Å². The second-order valence-electron chi connectivity index (χ2n) is 6.93. The van der Waals surface area contributed by atoms with Gasteiger partial charge in [-0.25, -0.2) is 9.82 Å². The van der Waals surface area contributed by atoms with E-state index in [9.17, 15) is 19.3 Å². The summed E-state index contributed by atoms with van der Waals surface area (Å²) in [5.41, 5.74) is 5.97. The second-order valence-corrected chi connectivity index (χ2v) is 8.01. The van der Waals surface area contributed by atoms with Crippen molar-refractivity contribution in [3.63, 3.8) is 0 Å². The molecule has 0 unspecified atom stereocenters. The third-order valence-corrected chi connectivity index (χ3v) is 5.97. The first-order valence-corrected chi connectivity index (χ1v) is 10.1. The molecule has 4 aromatic rings. The van der Waals surface area contributed by atoms with E-state index < -0.39 is 10.8 Å². The molecule has 0 aliphatic carbocycles. The third-order valence-electron chi connectivity index (χ3n) is 4.86. The minimum absolute atomic E-state index is 0.0215. The van der Waals surface area contributed by atoms with E-state index in [1.54, 1.807) is 30.5 Å². The van der Waals surface area contributed by atoms with Gasteiger partial charge in [0, 0.05) is 44.9 Å². The number of hydrogen-bond donors (Lipinski definition) is 1. The van der Waals surface area contributed by atoms with Gasteiger partial charge in [0.05, 0.1) is 16.0 Å². The molecule has 0 aliphatic rings. The Labute approximate surface area is 180 Å². The highest BCUT2D eigenvalue weighted by Gasteiger charge is 2.13. The summed E-state index contributed by atoms with van der Waals surface area (Å²) in [6, 6.07) is 14.2. The summed E-state index contributed by atoms with van der Waals surface area (Å²) in [5, 5.41) is 15.6. The van der Waals surface area contributed by atoms with Gasteiger partial charge in [0.15, 0.2) is 0 Å². The molecule has 0 spiro atoms. The average molecular weight is 436 g/mol. The smallest absolute Gasteiger partial charge is 0.281 e. The van der Waals surface area contributed by atoms with Crippen molar-refractivity contribution in [2.45, 2.75) is 13.8 Å². The van der Waals surface area contributed by atoms with Crippen molar-refractivity contribution in [3.05, 3.63) is 92.4 Å². The lowest BCUT2D eigenvalue weighted by Gasteiger charge is -2.09. The van der Waals surface area contributed by atoms with Gasteiger partial charge in [0.2, 0.25) is 0 Å². The van der Waals surface area contributed by atoms with Gasteiger partial charge < -0.3 is 4.57 Å². The number of nitro benzene ring substituents is 1. The molecule has 0 radical (unpaired) electrons. The first kappa shape index (κ1) is 20.4. The number of hydrazone groups is 1. The van der Waals surface area contributed by atoms with Crippen LogP contribution >= 0.6 is 11.3 Å². The fourth-order valence-corrected chi connectivity index (χ4v) is 4.31. The van der Waals surface area contributed by atoms with E-state index in [1.807, 2.05) is 24.5 Å². The first-order valence-electron chi connectivity index (χ1n) is 9.30. The standard InChI is InChI=1S/C22H17FN4O3S/c1-13-9-16(14(2)26(13)18-5-3-17(23)4-6-18)12-24-25-22(28)21-11-15-10-19(27(29)30)7-8-20(15)31-21/h3-12H,1-2H3,(H,25,28)/b24-12-. The normalized spacial score (nSPS) is 11.3. The SMILES string of the molecule is Cc1cc(/C=N\NC(=O)c2cc3cc([N+](=O)[O-])ccc3s2)c(C)n1-c1ccc(F)cc1. The molecule has 0 atom stereocenters. The number of carbonyl (C=O) groups excluding carboxylic acids is 1. The van der Waals surface area contributed by atoms with Crippen LogP contribution in [0.5, 0.6) is 0 Å². The van der Waals surface area contributed by atoms with Crippen molar-refractivity contribution < 1.29 is 14.1 Å². The Bertz CT molecular complexity index is 1340. The molecule has 1 N–H and O–H groups in total. The Kier molecular flexibility index (Phi) is 5.35. The number of thiophene rings is 1. The minimum atomic E-state index is -0.469. The molecule has 0 saturated carbocycles. The second kappa shape index (κ2) is 8.11. The maximum absolute atomic E-state index is 13.2. The number of benzene rings is 2. The number of hydrogen-bond acceptors (Lipinski definition) is 5. The van der Waals surface area contributed by atoms with Crippen LogP contribution in [0.25, 0.3) is 15.8 Å². The molecular weight excluding hydrogens is 419 g/mol. The number of nitro groups is 1. The molecule has 2 heterocycles. The van der Waals surface area contributed by atoms with Gasteiger partial charge in [-0.15, -0.1) is 11.3 Å². The van der Waals surface area contributed by atoms with E-state index in [-0.39, 0.29) is 11.5 Å². The minimum Gasteiger partial charge on any atom is -0.318 e. The summed E-state index contributed by atoms with van der Waals surface area (Å²) in [7, 11) is 0. The molecule has 0 saturated heterocycles. The lowest BCUT2D eigenvalue weighted by Crippen LogP contribution is -2.16. The molecule has 0 aliphatic heterocycles. The van der Waals surface area contributed by atoms with Crippen molar-refractivity contribution in [1.82, 2.24) is 9.99 Å². The van der Waals surface area contributed by atoms with Crippen LogP contribution in [0.4, 0.5) is 10.1 Å². The first-order chi connectivity index (χ1) is 14.8.